The van der Waals surface area contributed by atoms with Gasteiger partial charge in [-0.25, -0.2) is 13.8 Å². The van der Waals surface area contributed by atoms with E-state index in [0.717, 1.165) is 54.3 Å². The molecular weight excluding hydrogens is 636 g/mol. The highest BCUT2D eigenvalue weighted by Gasteiger charge is 2.34. The number of carbonyl (C=O) groups is 1. The van der Waals surface area contributed by atoms with Crippen LogP contribution in [-0.2, 0) is 11.3 Å². The number of benzene rings is 1. The van der Waals surface area contributed by atoms with Gasteiger partial charge in [0.25, 0.3) is 11.1 Å². The van der Waals surface area contributed by atoms with E-state index in [9.17, 15) is 14.4 Å². The summed E-state index contributed by atoms with van der Waals surface area (Å²) in [4.78, 5) is 43.7. The number of ether oxygens (including phenoxy) is 1. The van der Waals surface area contributed by atoms with Crippen molar-refractivity contribution in [2.24, 2.45) is 11.8 Å². The van der Waals surface area contributed by atoms with Crippen LogP contribution in [0, 0.1) is 25.7 Å². The molecule has 0 bridgehead atoms. The second-order valence-electron chi connectivity index (χ2n) is 13.2. The lowest BCUT2D eigenvalue weighted by Crippen LogP contribution is -2.42. The van der Waals surface area contributed by atoms with Gasteiger partial charge in [-0.15, -0.1) is 0 Å². The second kappa shape index (κ2) is 17.3. The zero-order chi connectivity index (χ0) is 35.1. The third-order valence-corrected chi connectivity index (χ3v) is 8.96. The van der Waals surface area contributed by atoms with Gasteiger partial charge in [0.15, 0.2) is 0 Å². The Kier molecular flexibility index (Phi) is 13.1. The molecule has 0 saturated carbocycles. The molecule has 4 aromatic heterocycles. The summed E-state index contributed by atoms with van der Waals surface area (Å²) < 4.78 is 8.99. The van der Waals surface area contributed by atoms with Crippen molar-refractivity contribution < 1.29 is 14.6 Å². The standard InChI is InChI=1S/C21H24N4O3.C13H18N4O.C2H6O.CH4/c1-14-8-9-18(17-10-19-22-20(26)15(2)12-25(19)23-17)24(11-14)21(27)28-13-16-6-4-3-5-7-16;1-8-3-4-10(14-6-8)11-5-12-15-13(18)9(2)7-17(12)16-11;1-2-3;/h3-7,10,12,14,18H,8-9,11,13H2,1-2H3,(H,22,26);5,7-8,10,14H,3-4,6H2,1-2H3,(H,15,18);3H,2H2,1H3;1H4/t14-,18-;8-,10-;;/m00../s1. The molecule has 6 heterocycles. The van der Waals surface area contributed by atoms with Gasteiger partial charge in [-0.3, -0.25) is 14.5 Å². The number of aromatic nitrogens is 6. The Morgan fingerprint density at radius 1 is 0.880 bits per heavy atom. The Morgan fingerprint density at radius 2 is 1.44 bits per heavy atom. The summed E-state index contributed by atoms with van der Waals surface area (Å²) in [5.41, 5.74) is 5.24. The molecule has 4 atom stereocenters. The van der Waals surface area contributed by atoms with E-state index < -0.39 is 0 Å². The van der Waals surface area contributed by atoms with Crippen molar-refractivity contribution in [1.29, 1.82) is 0 Å². The minimum absolute atomic E-state index is 0. The summed E-state index contributed by atoms with van der Waals surface area (Å²) in [6, 6.07) is 13.6. The molecule has 7 rings (SSSR count). The lowest BCUT2D eigenvalue weighted by molar-refractivity contribution is 0.0553. The van der Waals surface area contributed by atoms with Crippen molar-refractivity contribution >= 4 is 17.4 Å². The van der Waals surface area contributed by atoms with Gasteiger partial charge in [-0.1, -0.05) is 51.6 Å². The number of H-pyrrole nitrogens is 2. The Balaban J connectivity index is 0.000000220. The van der Waals surface area contributed by atoms with E-state index in [0.29, 0.717) is 35.3 Å². The molecule has 4 N–H and O–H groups in total. The molecule has 0 radical (unpaired) electrons. The zero-order valence-electron chi connectivity index (χ0n) is 29.0. The van der Waals surface area contributed by atoms with Crippen molar-refractivity contribution in [1.82, 2.24) is 39.4 Å². The third kappa shape index (κ3) is 9.27. The lowest BCUT2D eigenvalue weighted by Gasteiger charge is -2.36. The molecule has 50 heavy (non-hydrogen) atoms. The predicted molar refractivity (Wildman–Crippen MR) is 194 cm³/mol. The highest BCUT2D eigenvalue weighted by molar-refractivity contribution is 5.68. The molecule has 270 valence electrons. The number of aromatic amines is 2. The van der Waals surface area contributed by atoms with Crippen molar-refractivity contribution in [2.75, 3.05) is 19.7 Å². The lowest BCUT2D eigenvalue weighted by atomic mass is 9.93. The smallest absolute Gasteiger partial charge is 0.410 e. The van der Waals surface area contributed by atoms with Crippen LogP contribution in [0.1, 0.15) is 94.0 Å². The quantitative estimate of drug-likeness (QED) is 0.193. The highest BCUT2D eigenvalue weighted by atomic mass is 16.6. The van der Waals surface area contributed by atoms with Crippen LogP contribution in [0.2, 0.25) is 0 Å². The summed E-state index contributed by atoms with van der Waals surface area (Å²) >= 11 is 0. The summed E-state index contributed by atoms with van der Waals surface area (Å²) in [6.07, 6.45) is 7.31. The number of nitrogens with zero attached hydrogens (tertiary/aromatic N) is 5. The average molecular weight is 689 g/mol. The number of likely N-dealkylation sites (tertiary alicyclic amines) is 1. The van der Waals surface area contributed by atoms with E-state index in [-0.39, 0.29) is 43.9 Å². The Labute approximate surface area is 292 Å². The fraction of sp³-hybridized carbons (Fsp3) is 0.486. The van der Waals surface area contributed by atoms with Gasteiger partial charge in [0.1, 0.15) is 17.9 Å². The molecule has 0 aliphatic carbocycles. The van der Waals surface area contributed by atoms with Crippen LogP contribution in [0.4, 0.5) is 4.79 Å². The van der Waals surface area contributed by atoms with Crippen LogP contribution in [-0.4, -0.2) is 65.0 Å². The molecule has 2 aliphatic heterocycles. The first-order valence-corrected chi connectivity index (χ1v) is 17.1. The minimum atomic E-state index is -0.331. The molecular formula is C37H52N8O5. The third-order valence-electron chi connectivity index (χ3n) is 8.96. The van der Waals surface area contributed by atoms with Crippen molar-refractivity contribution in [2.45, 2.75) is 86.4 Å². The van der Waals surface area contributed by atoms with Crippen LogP contribution in [0.15, 0.2) is 64.4 Å². The summed E-state index contributed by atoms with van der Waals surface area (Å²) in [7, 11) is 0. The van der Waals surface area contributed by atoms with Crippen LogP contribution in [0.3, 0.4) is 0 Å². The number of aryl methyl sites for hydroxylation is 2. The first kappa shape index (κ1) is 38.1. The van der Waals surface area contributed by atoms with Gasteiger partial charge < -0.3 is 25.1 Å². The molecule has 2 fully saturated rings. The molecule has 2 saturated heterocycles. The average Bonchev–Trinajstić information content (AvgIpc) is 3.69. The van der Waals surface area contributed by atoms with Gasteiger partial charge in [0.05, 0.1) is 23.5 Å². The number of nitrogens with one attached hydrogen (secondary N) is 3. The fourth-order valence-electron chi connectivity index (χ4n) is 6.17. The number of hydrogen-bond donors (Lipinski definition) is 4. The molecule has 1 aromatic carbocycles. The number of aliphatic hydroxyl groups is 1. The van der Waals surface area contributed by atoms with Gasteiger partial charge >= 0.3 is 6.09 Å². The van der Waals surface area contributed by atoms with E-state index in [1.54, 1.807) is 47.1 Å². The van der Waals surface area contributed by atoms with Gasteiger partial charge in [0, 0.05) is 48.8 Å². The molecule has 0 spiro atoms. The first-order chi connectivity index (χ1) is 23.6. The number of hydrogen-bond acceptors (Lipinski definition) is 8. The monoisotopic (exact) mass is 688 g/mol. The maximum absolute atomic E-state index is 12.8. The number of carbonyl (C=O) groups excluding carboxylic acids is 1. The van der Waals surface area contributed by atoms with Crippen molar-refractivity contribution in [3.05, 3.63) is 104 Å². The maximum Gasteiger partial charge on any atom is 0.410 e. The maximum atomic E-state index is 12.8. The Bertz CT molecular complexity index is 1960. The van der Waals surface area contributed by atoms with E-state index in [1.165, 1.54) is 6.42 Å². The predicted octanol–water partition coefficient (Wildman–Crippen LogP) is 5.47. The van der Waals surface area contributed by atoms with E-state index in [1.807, 2.05) is 42.5 Å². The van der Waals surface area contributed by atoms with Crippen LogP contribution in [0.5, 0.6) is 0 Å². The minimum Gasteiger partial charge on any atom is -0.445 e. The molecule has 2 aliphatic rings. The van der Waals surface area contributed by atoms with Gasteiger partial charge in [-0.2, -0.15) is 10.2 Å². The van der Waals surface area contributed by atoms with Crippen LogP contribution >= 0.6 is 0 Å². The van der Waals surface area contributed by atoms with Crippen LogP contribution < -0.4 is 16.4 Å². The van der Waals surface area contributed by atoms with Crippen molar-refractivity contribution in [3.8, 4) is 0 Å². The molecule has 13 nitrogen and oxygen atoms in total. The number of aliphatic hydroxyl groups excluding tert-OH is 1. The number of rotatable bonds is 4. The van der Waals surface area contributed by atoms with Crippen molar-refractivity contribution in [3.63, 3.8) is 0 Å². The highest BCUT2D eigenvalue weighted by Crippen LogP contribution is 2.33. The topological polar surface area (TPSA) is 162 Å². The van der Waals surface area contributed by atoms with Gasteiger partial charge in [-0.05, 0) is 70.4 Å². The summed E-state index contributed by atoms with van der Waals surface area (Å²) in [5, 5.41) is 20.2. The zero-order valence-corrected chi connectivity index (χ0v) is 29.0. The number of piperidine rings is 2. The van der Waals surface area contributed by atoms with Crippen LogP contribution in [0.25, 0.3) is 11.3 Å². The summed E-state index contributed by atoms with van der Waals surface area (Å²) in [5.74, 6) is 1.14. The molecule has 5 aromatic rings. The Hall–Kier alpha value is -4.75. The normalized spacial score (nSPS) is 20.2. The first-order valence-electron chi connectivity index (χ1n) is 17.1. The second-order valence-corrected chi connectivity index (χ2v) is 13.2. The summed E-state index contributed by atoms with van der Waals surface area (Å²) in [6.45, 7) is 11.8. The van der Waals surface area contributed by atoms with E-state index in [4.69, 9.17) is 9.84 Å². The molecule has 0 unspecified atom stereocenters. The van der Waals surface area contributed by atoms with Gasteiger partial charge in [0.2, 0.25) is 0 Å². The number of amides is 1. The Morgan fingerprint density at radius 3 is 2.02 bits per heavy atom. The van der Waals surface area contributed by atoms with E-state index in [2.05, 4.69) is 39.3 Å². The largest absolute Gasteiger partial charge is 0.445 e. The fourth-order valence-corrected chi connectivity index (χ4v) is 6.17. The molecule has 1 amide bonds. The SMILES string of the molecule is C.CCO.Cc1cn2nc([C@@H]3CC[C@H](C)CN3)cc2[nH]c1=O.Cc1cn2nc([C@@H]3CC[C@H](C)CN3C(=O)OCc3ccccc3)cc2[nH]c1=O. The number of fused-ring (bicyclic) bond motifs is 2. The molecule has 13 heteroatoms. The van der Waals surface area contributed by atoms with E-state index >= 15 is 0 Å².